The Bertz CT molecular complexity index is 701. The summed E-state index contributed by atoms with van der Waals surface area (Å²) >= 11 is 1.53. The number of carbonyl (C=O) groups excluding carboxylic acids is 4. The molecule has 5 unspecified atom stereocenters. The van der Waals surface area contributed by atoms with Crippen LogP contribution in [0.2, 0.25) is 0 Å². The lowest BCUT2D eigenvalue weighted by molar-refractivity contribution is -0.143. The number of carboxylic acid groups (broad SMARTS) is 1. The Morgan fingerprint density at radius 2 is 1.79 bits per heavy atom. The summed E-state index contributed by atoms with van der Waals surface area (Å²) in [5.74, 6) is -3.06. The fourth-order valence-corrected chi connectivity index (χ4v) is 3.92. The van der Waals surface area contributed by atoms with E-state index >= 15 is 0 Å². The molecule has 0 saturated carbocycles. The number of aliphatic carboxylic acids is 1. The summed E-state index contributed by atoms with van der Waals surface area (Å²) in [5.41, 5.74) is 5.08. The molecule has 1 saturated heterocycles. The lowest BCUT2D eigenvalue weighted by Gasteiger charge is -2.28. The summed E-state index contributed by atoms with van der Waals surface area (Å²) < 4.78 is 0. The van der Waals surface area contributed by atoms with Gasteiger partial charge in [0, 0.05) is 6.42 Å². The van der Waals surface area contributed by atoms with Crippen LogP contribution in [0.3, 0.4) is 0 Å². The van der Waals surface area contributed by atoms with Gasteiger partial charge < -0.3 is 32.1 Å². The molecule has 4 amide bonds. The Hall–Kier alpha value is -2.34. The molecule has 12 heteroatoms. The van der Waals surface area contributed by atoms with Gasteiger partial charge in [-0.3, -0.25) is 19.2 Å². The van der Waals surface area contributed by atoms with Gasteiger partial charge in [0.1, 0.15) is 18.1 Å². The molecule has 7 N–H and O–H groups in total. The largest absolute Gasteiger partial charge is 0.480 e. The van der Waals surface area contributed by atoms with Crippen molar-refractivity contribution >= 4 is 41.4 Å². The van der Waals surface area contributed by atoms with Gasteiger partial charge in [-0.1, -0.05) is 20.3 Å². The molecule has 1 fully saturated rings. The van der Waals surface area contributed by atoms with E-state index in [2.05, 4.69) is 21.3 Å². The number of hydrogen-bond donors (Lipinski definition) is 6. The van der Waals surface area contributed by atoms with Crippen LogP contribution < -0.4 is 27.0 Å². The minimum atomic E-state index is -1.31. The summed E-state index contributed by atoms with van der Waals surface area (Å²) in [4.78, 5) is 61.0. The van der Waals surface area contributed by atoms with E-state index in [1.165, 1.54) is 11.8 Å². The number of rotatable bonds is 15. The zero-order chi connectivity index (χ0) is 25.0. The number of nitrogens with one attached hydrogen (secondary N) is 4. The number of carboxylic acids is 1. The minimum absolute atomic E-state index is 0.154. The van der Waals surface area contributed by atoms with Gasteiger partial charge in [-0.25, -0.2) is 4.79 Å². The number of nitrogens with two attached hydrogens (primary N) is 1. The van der Waals surface area contributed by atoms with E-state index in [0.29, 0.717) is 25.0 Å². The Labute approximate surface area is 198 Å². The summed E-state index contributed by atoms with van der Waals surface area (Å²) in [6.07, 6.45) is 4.05. The molecule has 5 atom stereocenters. The Morgan fingerprint density at radius 1 is 1.09 bits per heavy atom. The summed E-state index contributed by atoms with van der Waals surface area (Å²) in [6.45, 7) is 4.36. The predicted molar refractivity (Wildman–Crippen MR) is 125 cm³/mol. The van der Waals surface area contributed by atoms with E-state index < -0.39 is 41.8 Å². The number of primary amides is 1. The maximum atomic E-state index is 13.1. The van der Waals surface area contributed by atoms with Gasteiger partial charge >= 0.3 is 5.97 Å². The molecule has 1 aliphatic heterocycles. The van der Waals surface area contributed by atoms with E-state index in [0.717, 1.165) is 13.0 Å². The molecule has 0 bridgehead atoms. The van der Waals surface area contributed by atoms with E-state index in [1.807, 2.05) is 13.2 Å². The molecule has 1 heterocycles. The van der Waals surface area contributed by atoms with Crippen LogP contribution in [-0.2, 0) is 24.0 Å². The van der Waals surface area contributed by atoms with Crippen LogP contribution in [0, 0.1) is 5.92 Å². The highest BCUT2D eigenvalue weighted by Crippen LogP contribution is 2.12. The third kappa shape index (κ3) is 9.99. The van der Waals surface area contributed by atoms with Crippen LogP contribution in [0.5, 0.6) is 0 Å². The van der Waals surface area contributed by atoms with Crippen molar-refractivity contribution in [3.63, 3.8) is 0 Å². The topological polar surface area (TPSA) is 180 Å². The van der Waals surface area contributed by atoms with Crippen molar-refractivity contribution in [2.75, 3.05) is 18.6 Å². The lowest BCUT2D eigenvalue weighted by atomic mass is 9.97. The van der Waals surface area contributed by atoms with Gasteiger partial charge in [0.05, 0.1) is 6.04 Å². The summed E-state index contributed by atoms with van der Waals surface area (Å²) in [6, 6.07) is -3.48. The van der Waals surface area contributed by atoms with Crippen LogP contribution >= 0.6 is 11.8 Å². The second-order valence-corrected chi connectivity index (χ2v) is 9.25. The van der Waals surface area contributed by atoms with Crippen molar-refractivity contribution in [3.8, 4) is 0 Å². The van der Waals surface area contributed by atoms with Gasteiger partial charge in [-0.2, -0.15) is 11.8 Å². The molecule has 33 heavy (non-hydrogen) atoms. The molecule has 0 aromatic carbocycles. The van der Waals surface area contributed by atoms with Crippen LogP contribution in [0.1, 0.15) is 52.4 Å². The highest BCUT2D eigenvalue weighted by atomic mass is 32.2. The van der Waals surface area contributed by atoms with Gasteiger partial charge in [0.15, 0.2) is 0 Å². The van der Waals surface area contributed by atoms with Crippen molar-refractivity contribution in [1.29, 1.82) is 0 Å². The van der Waals surface area contributed by atoms with Crippen LogP contribution in [-0.4, -0.2) is 77.4 Å². The predicted octanol–water partition coefficient (Wildman–Crippen LogP) is -0.658. The molecular weight excluding hydrogens is 450 g/mol. The maximum absolute atomic E-state index is 13.1. The van der Waals surface area contributed by atoms with Crippen molar-refractivity contribution < 1.29 is 29.1 Å². The Kier molecular flexibility index (Phi) is 12.8. The lowest BCUT2D eigenvalue weighted by Crippen LogP contribution is -2.58. The second-order valence-electron chi connectivity index (χ2n) is 8.27. The van der Waals surface area contributed by atoms with Crippen LogP contribution in [0.25, 0.3) is 0 Å². The third-order valence-corrected chi connectivity index (χ3v) is 6.35. The SMILES string of the molecule is CCC(C)C(NC(=O)C(CCSC)NC(=O)C1CCCN1)C(=O)NC(CCC(N)=O)C(=O)O. The molecule has 0 radical (unpaired) electrons. The molecule has 188 valence electrons. The summed E-state index contributed by atoms with van der Waals surface area (Å²) in [7, 11) is 0. The summed E-state index contributed by atoms with van der Waals surface area (Å²) in [5, 5.41) is 20.3. The van der Waals surface area contributed by atoms with Crippen molar-refractivity contribution in [3.05, 3.63) is 0 Å². The monoisotopic (exact) mass is 487 g/mol. The van der Waals surface area contributed by atoms with Gasteiger partial charge in [0.25, 0.3) is 0 Å². The van der Waals surface area contributed by atoms with E-state index in [4.69, 9.17) is 5.73 Å². The first-order valence-electron chi connectivity index (χ1n) is 11.2. The first kappa shape index (κ1) is 28.7. The molecule has 11 nitrogen and oxygen atoms in total. The first-order chi connectivity index (χ1) is 15.6. The number of amides is 4. The van der Waals surface area contributed by atoms with E-state index in [1.54, 1.807) is 6.92 Å². The molecule has 1 aliphatic rings. The standard InChI is InChI=1S/C21H37N5O6S/c1-4-12(2)17(20(30)25-15(21(31)32)7-8-16(22)27)26-19(29)14(9-11-33-3)24-18(28)13-6-5-10-23-13/h12-15,17,23H,4-11H2,1-3H3,(H2,22,27)(H,24,28)(H,25,30)(H,26,29)(H,31,32). The third-order valence-electron chi connectivity index (χ3n) is 5.71. The molecule has 1 rings (SSSR count). The fraction of sp³-hybridized carbons (Fsp3) is 0.762. The molecule has 0 aromatic heterocycles. The number of thioether (sulfide) groups is 1. The normalized spacial score (nSPS) is 19.1. The average molecular weight is 488 g/mol. The minimum Gasteiger partial charge on any atom is -0.480 e. The molecule has 0 aromatic rings. The Balaban J connectivity index is 2.91. The van der Waals surface area contributed by atoms with Gasteiger partial charge in [0.2, 0.25) is 23.6 Å². The number of hydrogen-bond acceptors (Lipinski definition) is 7. The average Bonchev–Trinajstić information content (AvgIpc) is 3.31. The maximum Gasteiger partial charge on any atom is 0.326 e. The van der Waals surface area contributed by atoms with Crippen molar-refractivity contribution in [1.82, 2.24) is 21.3 Å². The smallest absolute Gasteiger partial charge is 0.326 e. The zero-order valence-electron chi connectivity index (χ0n) is 19.5. The first-order valence-corrected chi connectivity index (χ1v) is 12.6. The Morgan fingerprint density at radius 3 is 2.30 bits per heavy atom. The quantitative estimate of drug-likeness (QED) is 0.176. The highest BCUT2D eigenvalue weighted by molar-refractivity contribution is 7.98. The van der Waals surface area contributed by atoms with Gasteiger partial charge in [-0.05, 0) is 50.2 Å². The fourth-order valence-electron chi connectivity index (χ4n) is 3.45. The number of carbonyl (C=O) groups is 5. The van der Waals surface area contributed by atoms with Gasteiger partial charge in [-0.15, -0.1) is 0 Å². The molecule has 0 aliphatic carbocycles. The van der Waals surface area contributed by atoms with E-state index in [-0.39, 0.29) is 30.7 Å². The highest BCUT2D eigenvalue weighted by Gasteiger charge is 2.33. The molecular formula is C21H37N5O6S. The van der Waals surface area contributed by atoms with Crippen LogP contribution in [0.15, 0.2) is 0 Å². The second kappa shape index (κ2) is 14.7. The van der Waals surface area contributed by atoms with Crippen LogP contribution in [0.4, 0.5) is 0 Å². The van der Waals surface area contributed by atoms with E-state index in [9.17, 15) is 29.1 Å². The zero-order valence-corrected chi connectivity index (χ0v) is 20.3. The molecule has 0 spiro atoms. The van der Waals surface area contributed by atoms with Crippen molar-refractivity contribution in [2.45, 2.75) is 76.5 Å². The van der Waals surface area contributed by atoms with Crippen molar-refractivity contribution in [2.24, 2.45) is 11.7 Å².